The van der Waals surface area contributed by atoms with E-state index in [4.69, 9.17) is 5.11 Å². The third-order valence-electron chi connectivity index (χ3n) is 3.18. The fourth-order valence-corrected chi connectivity index (χ4v) is 2.10. The van der Waals surface area contributed by atoms with E-state index < -0.39 is 0 Å². The Balaban J connectivity index is 2.02. The SMILES string of the molecule is CCC(CCO)NC(=O)Cn1ncc2ccccc21. The van der Waals surface area contributed by atoms with E-state index in [2.05, 4.69) is 10.4 Å². The minimum absolute atomic E-state index is 0.0272. The number of aliphatic hydroxyl groups excluding tert-OH is 1. The summed E-state index contributed by atoms with van der Waals surface area (Å²) >= 11 is 0. The number of nitrogens with one attached hydrogen (secondary N) is 1. The van der Waals surface area contributed by atoms with E-state index in [0.29, 0.717) is 6.42 Å². The van der Waals surface area contributed by atoms with Gasteiger partial charge in [-0.1, -0.05) is 25.1 Å². The zero-order chi connectivity index (χ0) is 13.7. The van der Waals surface area contributed by atoms with Gasteiger partial charge in [0.05, 0.1) is 11.7 Å². The number of aromatic nitrogens is 2. The van der Waals surface area contributed by atoms with Crippen LogP contribution in [0.5, 0.6) is 0 Å². The smallest absolute Gasteiger partial charge is 0.241 e. The highest BCUT2D eigenvalue weighted by Crippen LogP contribution is 2.12. The largest absolute Gasteiger partial charge is 0.396 e. The van der Waals surface area contributed by atoms with Crippen LogP contribution in [0.25, 0.3) is 10.9 Å². The lowest BCUT2D eigenvalue weighted by Gasteiger charge is -2.15. The Bertz CT molecular complexity index is 550. The molecule has 1 aromatic carbocycles. The van der Waals surface area contributed by atoms with Gasteiger partial charge in [-0.2, -0.15) is 5.10 Å². The molecule has 1 amide bonds. The first-order valence-electron chi connectivity index (χ1n) is 6.55. The van der Waals surface area contributed by atoms with Gasteiger partial charge in [0.1, 0.15) is 6.54 Å². The molecule has 0 aliphatic heterocycles. The molecule has 1 heterocycles. The molecule has 2 N–H and O–H groups in total. The lowest BCUT2D eigenvalue weighted by molar-refractivity contribution is -0.122. The molecule has 5 heteroatoms. The van der Waals surface area contributed by atoms with E-state index in [-0.39, 0.29) is 25.1 Å². The zero-order valence-corrected chi connectivity index (χ0v) is 11.0. The fraction of sp³-hybridized carbons (Fsp3) is 0.429. The van der Waals surface area contributed by atoms with Crippen molar-refractivity contribution in [1.82, 2.24) is 15.1 Å². The van der Waals surface area contributed by atoms with E-state index in [1.807, 2.05) is 31.2 Å². The third kappa shape index (κ3) is 3.32. The zero-order valence-electron chi connectivity index (χ0n) is 11.0. The number of benzene rings is 1. The maximum absolute atomic E-state index is 11.9. The molecule has 5 nitrogen and oxygen atoms in total. The van der Waals surface area contributed by atoms with E-state index in [1.54, 1.807) is 10.9 Å². The van der Waals surface area contributed by atoms with Crippen molar-refractivity contribution in [2.24, 2.45) is 0 Å². The van der Waals surface area contributed by atoms with Crippen LogP contribution in [0.3, 0.4) is 0 Å². The Kier molecular flexibility index (Phi) is 4.52. The number of carbonyl (C=O) groups is 1. The summed E-state index contributed by atoms with van der Waals surface area (Å²) in [5, 5.41) is 17.1. The number of nitrogens with zero attached hydrogens (tertiary/aromatic N) is 2. The van der Waals surface area contributed by atoms with Crippen molar-refractivity contribution < 1.29 is 9.90 Å². The average molecular weight is 261 g/mol. The normalized spacial score (nSPS) is 12.5. The molecule has 102 valence electrons. The second kappa shape index (κ2) is 6.33. The van der Waals surface area contributed by atoms with E-state index in [0.717, 1.165) is 17.3 Å². The molecule has 0 bridgehead atoms. The highest BCUT2D eigenvalue weighted by atomic mass is 16.3. The second-order valence-corrected chi connectivity index (χ2v) is 4.55. The van der Waals surface area contributed by atoms with E-state index in [9.17, 15) is 4.79 Å². The van der Waals surface area contributed by atoms with Crippen LogP contribution in [0, 0.1) is 0 Å². The molecule has 0 aliphatic rings. The Hall–Kier alpha value is -1.88. The summed E-state index contributed by atoms with van der Waals surface area (Å²) < 4.78 is 1.69. The van der Waals surface area contributed by atoms with Gasteiger partial charge in [0.15, 0.2) is 0 Å². The predicted octanol–water partition coefficient (Wildman–Crippen LogP) is 1.31. The van der Waals surface area contributed by atoms with Crippen LogP contribution in [-0.4, -0.2) is 33.4 Å². The molecule has 19 heavy (non-hydrogen) atoms. The first kappa shape index (κ1) is 13.5. The molecule has 2 aromatic rings. The van der Waals surface area contributed by atoms with Crippen LogP contribution < -0.4 is 5.32 Å². The quantitative estimate of drug-likeness (QED) is 0.824. The highest BCUT2D eigenvalue weighted by Gasteiger charge is 2.11. The summed E-state index contributed by atoms with van der Waals surface area (Å²) in [5.41, 5.74) is 0.952. The lowest BCUT2D eigenvalue weighted by Crippen LogP contribution is -2.37. The van der Waals surface area contributed by atoms with E-state index in [1.165, 1.54) is 0 Å². The van der Waals surface area contributed by atoms with Crippen molar-refractivity contribution in [3.63, 3.8) is 0 Å². The number of amides is 1. The van der Waals surface area contributed by atoms with Crippen LogP contribution in [0.15, 0.2) is 30.5 Å². The first-order chi connectivity index (χ1) is 9.24. The van der Waals surface area contributed by atoms with E-state index >= 15 is 0 Å². The van der Waals surface area contributed by atoms with Gasteiger partial charge >= 0.3 is 0 Å². The number of hydrogen-bond donors (Lipinski definition) is 2. The number of para-hydroxylation sites is 1. The summed E-state index contributed by atoms with van der Waals surface area (Å²) in [4.78, 5) is 11.9. The summed E-state index contributed by atoms with van der Waals surface area (Å²) in [6, 6.07) is 7.82. The molecule has 1 unspecified atom stereocenters. The molecule has 1 aromatic heterocycles. The fourth-order valence-electron chi connectivity index (χ4n) is 2.10. The van der Waals surface area contributed by atoms with Crippen molar-refractivity contribution in [2.75, 3.05) is 6.61 Å². The molecule has 0 fully saturated rings. The van der Waals surface area contributed by atoms with Crippen LogP contribution in [0.2, 0.25) is 0 Å². The molecular weight excluding hydrogens is 242 g/mol. The van der Waals surface area contributed by atoms with Gasteiger partial charge in [0, 0.05) is 18.0 Å². The van der Waals surface area contributed by atoms with Crippen LogP contribution in [0.4, 0.5) is 0 Å². The van der Waals surface area contributed by atoms with Crippen LogP contribution in [-0.2, 0) is 11.3 Å². The van der Waals surface area contributed by atoms with Gasteiger partial charge in [-0.15, -0.1) is 0 Å². The lowest BCUT2D eigenvalue weighted by atomic mass is 10.1. The van der Waals surface area contributed by atoms with Gasteiger partial charge in [-0.3, -0.25) is 9.48 Å². The molecule has 0 saturated carbocycles. The van der Waals surface area contributed by atoms with Crippen molar-refractivity contribution in [3.05, 3.63) is 30.5 Å². The predicted molar refractivity (Wildman–Crippen MR) is 73.7 cm³/mol. The Labute approximate surface area is 112 Å². The molecule has 0 aliphatic carbocycles. The number of fused-ring (bicyclic) bond motifs is 1. The van der Waals surface area contributed by atoms with Gasteiger partial charge in [-0.05, 0) is 18.9 Å². The van der Waals surface area contributed by atoms with Crippen molar-refractivity contribution in [1.29, 1.82) is 0 Å². The molecule has 0 radical (unpaired) electrons. The molecule has 2 rings (SSSR count). The summed E-state index contributed by atoms with van der Waals surface area (Å²) in [7, 11) is 0. The Morgan fingerprint density at radius 3 is 3.00 bits per heavy atom. The molecule has 1 atom stereocenters. The highest BCUT2D eigenvalue weighted by molar-refractivity contribution is 5.82. The molecule has 0 saturated heterocycles. The topological polar surface area (TPSA) is 67.2 Å². The number of hydrogen-bond acceptors (Lipinski definition) is 3. The summed E-state index contributed by atoms with van der Waals surface area (Å²) in [6.45, 7) is 2.28. The Morgan fingerprint density at radius 1 is 1.47 bits per heavy atom. The van der Waals surface area contributed by atoms with Crippen LogP contribution in [0.1, 0.15) is 19.8 Å². The van der Waals surface area contributed by atoms with Gasteiger partial charge in [-0.25, -0.2) is 0 Å². The Morgan fingerprint density at radius 2 is 2.26 bits per heavy atom. The monoisotopic (exact) mass is 261 g/mol. The number of carbonyl (C=O) groups excluding carboxylic acids is 1. The minimum atomic E-state index is -0.0749. The summed E-state index contributed by atoms with van der Waals surface area (Å²) in [5.74, 6) is -0.0749. The molecular formula is C14H19N3O2. The van der Waals surface area contributed by atoms with Gasteiger partial charge in [0.25, 0.3) is 0 Å². The van der Waals surface area contributed by atoms with Crippen molar-refractivity contribution in [3.8, 4) is 0 Å². The second-order valence-electron chi connectivity index (χ2n) is 4.55. The number of rotatable bonds is 6. The maximum Gasteiger partial charge on any atom is 0.241 e. The van der Waals surface area contributed by atoms with Crippen molar-refractivity contribution >= 4 is 16.8 Å². The first-order valence-corrected chi connectivity index (χ1v) is 6.55. The van der Waals surface area contributed by atoms with Gasteiger partial charge in [0.2, 0.25) is 5.91 Å². The van der Waals surface area contributed by atoms with Crippen LogP contribution >= 0.6 is 0 Å². The number of aliphatic hydroxyl groups is 1. The maximum atomic E-state index is 11.9. The summed E-state index contributed by atoms with van der Waals surface area (Å²) in [6.07, 6.45) is 3.15. The minimum Gasteiger partial charge on any atom is -0.396 e. The standard InChI is InChI=1S/C14H19N3O2/c1-2-12(7-8-18)16-14(19)10-17-13-6-4-3-5-11(13)9-15-17/h3-6,9,12,18H,2,7-8,10H2,1H3,(H,16,19). The van der Waals surface area contributed by atoms with Crippen molar-refractivity contribution in [2.45, 2.75) is 32.4 Å². The average Bonchev–Trinajstić information content (AvgIpc) is 2.82. The van der Waals surface area contributed by atoms with Gasteiger partial charge < -0.3 is 10.4 Å². The molecule has 0 spiro atoms. The third-order valence-corrected chi connectivity index (χ3v) is 3.18.